The Balaban J connectivity index is 2.96. The van der Waals surface area contributed by atoms with Crippen LogP contribution >= 0.6 is 0 Å². The highest BCUT2D eigenvalue weighted by atomic mass is 32.2. The molecule has 0 aliphatic rings. The number of nitrogens with zero attached hydrogens (tertiary/aromatic N) is 1. The first-order valence-corrected chi connectivity index (χ1v) is 7.44. The lowest BCUT2D eigenvalue weighted by molar-refractivity contribution is 0.0748. The van der Waals surface area contributed by atoms with E-state index in [9.17, 15) is 13.2 Å². The molecule has 0 aliphatic heterocycles. The quantitative estimate of drug-likeness (QED) is 0.864. The first-order valence-electron chi connectivity index (χ1n) is 5.54. The number of rotatable bonds is 4. The number of benzene rings is 1. The maximum absolute atomic E-state index is 12.0. The number of carbonyl (C=O) groups is 1. The molecule has 2 N–H and O–H groups in total. The molecule has 0 aromatic heterocycles. The summed E-state index contributed by atoms with van der Waals surface area (Å²) >= 11 is 0. The van der Waals surface area contributed by atoms with Crippen LogP contribution in [0.25, 0.3) is 0 Å². The summed E-state index contributed by atoms with van der Waals surface area (Å²) in [5, 5.41) is 0. The van der Waals surface area contributed by atoms with Gasteiger partial charge in [0.05, 0.1) is 4.90 Å². The molecule has 6 heteroatoms. The molecule has 1 rings (SSSR count). The number of hydrogen-bond donors (Lipinski definition) is 1. The van der Waals surface area contributed by atoms with Crippen molar-refractivity contribution in [3.05, 3.63) is 29.8 Å². The highest BCUT2D eigenvalue weighted by molar-refractivity contribution is 7.90. The molecule has 0 radical (unpaired) electrons. The smallest absolute Gasteiger partial charge is 0.253 e. The lowest BCUT2D eigenvalue weighted by Crippen LogP contribution is -2.39. The third-order valence-electron chi connectivity index (χ3n) is 2.85. The van der Waals surface area contributed by atoms with Crippen molar-refractivity contribution in [2.45, 2.75) is 17.9 Å². The first kappa shape index (κ1) is 14.7. The molecule has 1 amide bonds. The van der Waals surface area contributed by atoms with Crippen molar-refractivity contribution in [3.8, 4) is 0 Å². The van der Waals surface area contributed by atoms with Gasteiger partial charge in [0.25, 0.3) is 5.91 Å². The van der Waals surface area contributed by atoms with Crippen molar-refractivity contribution in [2.75, 3.05) is 19.8 Å². The van der Waals surface area contributed by atoms with Gasteiger partial charge in [-0.25, -0.2) is 8.42 Å². The van der Waals surface area contributed by atoms with E-state index < -0.39 is 9.84 Å². The Bertz CT molecular complexity index is 523. The monoisotopic (exact) mass is 270 g/mol. The summed E-state index contributed by atoms with van der Waals surface area (Å²) < 4.78 is 22.6. The average Bonchev–Trinajstić information content (AvgIpc) is 2.35. The molecule has 0 saturated carbocycles. The molecular weight excluding hydrogens is 252 g/mol. The zero-order valence-corrected chi connectivity index (χ0v) is 11.6. The summed E-state index contributed by atoms with van der Waals surface area (Å²) in [7, 11) is -1.56. The molecule has 1 atom stereocenters. The van der Waals surface area contributed by atoms with Crippen LogP contribution in [0.3, 0.4) is 0 Å². The van der Waals surface area contributed by atoms with E-state index >= 15 is 0 Å². The Hall–Kier alpha value is -1.40. The molecule has 0 fully saturated rings. The van der Waals surface area contributed by atoms with Crippen LogP contribution in [0.5, 0.6) is 0 Å². The van der Waals surface area contributed by atoms with Gasteiger partial charge in [-0.05, 0) is 31.2 Å². The highest BCUT2D eigenvalue weighted by Crippen LogP contribution is 2.12. The summed E-state index contributed by atoms with van der Waals surface area (Å²) in [5.41, 5.74) is 5.95. The Morgan fingerprint density at radius 2 is 1.83 bits per heavy atom. The first-order chi connectivity index (χ1) is 8.27. The van der Waals surface area contributed by atoms with Crippen LogP contribution in [0.2, 0.25) is 0 Å². The van der Waals surface area contributed by atoms with Crippen LogP contribution in [0, 0.1) is 0 Å². The molecule has 0 heterocycles. The number of sulfone groups is 1. The number of hydrogen-bond acceptors (Lipinski definition) is 4. The topological polar surface area (TPSA) is 80.5 Å². The van der Waals surface area contributed by atoms with Gasteiger partial charge < -0.3 is 10.6 Å². The van der Waals surface area contributed by atoms with E-state index in [-0.39, 0.29) is 16.8 Å². The van der Waals surface area contributed by atoms with Gasteiger partial charge >= 0.3 is 0 Å². The minimum Gasteiger partial charge on any atom is -0.338 e. The summed E-state index contributed by atoms with van der Waals surface area (Å²) in [5.74, 6) is -0.173. The molecule has 1 unspecified atom stereocenters. The lowest BCUT2D eigenvalue weighted by Gasteiger charge is -2.23. The van der Waals surface area contributed by atoms with E-state index in [2.05, 4.69) is 0 Å². The molecular formula is C12H18N2O3S. The van der Waals surface area contributed by atoms with Gasteiger partial charge in [-0.15, -0.1) is 0 Å². The fraction of sp³-hybridized carbons (Fsp3) is 0.417. The predicted octanol–water partition coefficient (Wildman–Crippen LogP) is 0.509. The van der Waals surface area contributed by atoms with E-state index in [0.717, 1.165) is 6.26 Å². The van der Waals surface area contributed by atoms with Crippen LogP contribution in [-0.2, 0) is 9.84 Å². The largest absolute Gasteiger partial charge is 0.338 e. The lowest BCUT2D eigenvalue weighted by atomic mass is 10.2. The molecule has 18 heavy (non-hydrogen) atoms. The summed E-state index contributed by atoms with van der Waals surface area (Å²) in [6.45, 7) is 2.23. The second-order valence-corrected chi connectivity index (χ2v) is 6.31. The van der Waals surface area contributed by atoms with Crippen molar-refractivity contribution in [1.29, 1.82) is 0 Å². The van der Waals surface area contributed by atoms with Gasteiger partial charge in [0.2, 0.25) is 0 Å². The predicted molar refractivity (Wildman–Crippen MR) is 70.2 cm³/mol. The van der Waals surface area contributed by atoms with Gasteiger partial charge in [-0.1, -0.05) is 0 Å². The third-order valence-corrected chi connectivity index (χ3v) is 3.98. The van der Waals surface area contributed by atoms with Crippen molar-refractivity contribution in [3.63, 3.8) is 0 Å². The number of amides is 1. The average molecular weight is 270 g/mol. The van der Waals surface area contributed by atoms with E-state index in [0.29, 0.717) is 12.1 Å². The van der Waals surface area contributed by atoms with E-state index in [1.807, 2.05) is 6.92 Å². The number of likely N-dealkylation sites (N-methyl/N-ethyl adjacent to an activating group) is 1. The highest BCUT2D eigenvalue weighted by Gasteiger charge is 2.17. The summed E-state index contributed by atoms with van der Waals surface area (Å²) in [4.78, 5) is 13.8. The molecule has 0 spiro atoms. The fourth-order valence-corrected chi connectivity index (χ4v) is 2.04. The van der Waals surface area contributed by atoms with Gasteiger partial charge in [-0.3, -0.25) is 4.79 Å². The van der Waals surface area contributed by atoms with Gasteiger partial charge in [-0.2, -0.15) is 0 Å². The molecule has 0 bridgehead atoms. The van der Waals surface area contributed by atoms with Crippen LogP contribution < -0.4 is 5.73 Å². The molecule has 5 nitrogen and oxygen atoms in total. The zero-order valence-electron chi connectivity index (χ0n) is 10.8. The van der Waals surface area contributed by atoms with Gasteiger partial charge in [0, 0.05) is 31.5 Å². The number of carbonyl (C=O) groups excluding carboxylic acids is 1. The molecule has 0 saturated heterocycles. The van der Waals surface area contributed by atoms with Gasteiger partial charge in [0.15, 0.2) is 9.84 Å². The molecule has 1 aromatic rings. The Labute approximate surface area is 108 Å². The van der Waals surface area contributed by atoms with Crippen molar-refractivity contribution < 1.29 is 13.2 Å². The third kappa shape index (κ3) is 3.30. The van der Waals surface area contributed by atoms with E-state index in [4.69, 9.17) is 5.73 Å². The summed E-state index contributed by atoms with van der Waals surface area (Å²) in [6.07, 6.45) is 1.13. The summed E-state index contributed by atoms with van der Waals surface area (Å²) in [6, 6.07) is 5.83. The van der Waals surface area contributed by atoms with Crippen molar-refractivity contribution >= 4 is 15.7 Å². The second kappa shape index (κ2) is 5.49. The molecule has 1 aromatic carbocycles. The minimum atomic E-state index is -3.23. The van der Waals surface area contributed by atoms with Crippen LogP contribution in [0.4, 0.5) is 0 Å². The Morgan fingerprint density at radius 3 is 2.22 bits per heavy atom. The van der Waals surface area contributed by atoms with Crippen LogP contribution in [0.1, 0.15) is 17.3 Å². The second-order valence-electron chi connectivity index (χ2n) is 4.30. The van der Waals surface area contributed by atoms with Crippen LogP contribution in [-0.4, -0.2) is 45.1 Å². The Kier molecular flexibility index (Phi) is 4.48. The minimum absolute atomic E-state index is 0.0629. The molecule has 0 aliphatic carbocycles. The SMILES string of the molecule is CC(CN)N(C)C(=O)c1ccc(S(C)(=O)=O)cc1. The zero-order chi connectivity index (χ0) is 13.9. The van der Waals surface area contributed by atoms with Crippen molar-refractivity contribution in [1.82, 2.24) is 4.90 Å². The van der Waals surface area contributed by atoms with Gasteiger partial charge in [0.1, 0.15) is 0 Å². The standard InChI is InChI=1S/C12H18N2O3S/c1-9(8-13)14(2)12(15)10-4-6-11(7-5-10)18(3,16)17/h4-7,9H,8,13H2,1-3H3. The Morgan fingerprint density at radius 1 is 1.33 bits per heavy atom. The van der Waals surface area contributed by atoms with Crippen molar-refractivity contribution in [2.24, 2.45) is 5.73 Å². The van der Waals surface area contributed by atoms with E-state index in [1.54, 1.807) is 7.05 Å². The van der Waals surface area contributed by atoms with Crippen LogP contribution in [0.15, 0.2) is 29.2 Å². The maximum Gasteiger partial charge on any atom is 0.253 e. The van der Waals surface area contributed by atoms with E-state index in [1.165, 1.54) is 29.2 Å². The normalized spacial score (nSPS) is 13.1. The maximum atomic E-state index is 12.0. The number of nitrogens with two attached hydrogens (primary N) is 1. The molecule has 100 valence electrons. The fourth-order valence-electron chi connectivity index (χ4n) is 1.41.